The summed E-state index contributed by atoms with van der Waals surface area (Å²) in [6.45, 7) is 3.24. The molecule has 0 heterocycles. The van der Waals surface area contributed by atoms with E-state index in [9.17, 15) is 17.6 Å². The van der Waals surface area contributed by atoms with Crippen LogP contribution in [0.25, 0.3) is 0 Å². The van der Waals surface area contributed by atoms with Crippen molar-refractivity contribution in [2.24, 2.45) is 5.92 Å². The number of halogens is 2. The van der Waals surface area contributed by atoms with Gasteiger partial charge in [-0.2, -0.15) is 4.72 Å². The number of carbonyl (C=O) groups excluding carboxylic acids is 1. The summed E-state index contributed by atoms with van der Waals surface area (Å²) in [5.41, 5.74) is 4.95. The number of nitrogens with one attached hydrogen (secondary N) is 1. The second-order valence-corrected chi connectivity index (χ2v) is 6.79. The van der Waals surface area contributed by atoms with Gasteiger partial charge < -0.3 is 10.5 Å². The molecule has 0 aliphatic rings. The van der Waals surface area contributed by atoms with Gasteiger partial charge in [-0.05, 0) is 18.1 Å². The van der Waals surface area contributed by atoms with Crippen LogP contribution in [0.3, 0.4) is 0 Å². The molecular weight excluding hydrogens is 323 g/mol. The molecule has 0 spiro atoms. The van der Waals surface area contributed by atoms with E-state index in [0.717, 1.165) is 19.2 Å². The summed E-state index contributed by atoms with van der Waals surface area (Å²) in [7, 11) is -3.20. The molecule has 0 saturated carbocycles. The highest BCUT2D eigenvalue weighted by atomic mass is 35.5. The van der Waals surface area contributed by atoms with E-state index in [1.54, 1.807) is 13.8 Å². The Morgan fingerprint density at radius 3 is 2.48 bits per heavy atom. The maximum atomic E-state index is 13.9. The molecule has 0 bridgehead atoms. The number of benzene rings is 1. The monoisotopic (exact) mass is 338 g/mol. The molecule has 0 amide bonds. The molecule has 0 aliphatic heterocycles. The minimum Gasteiger partial charge on any atom is -0.468 e. The molecule has 1 aromatic rings. The number of hydrogen-bond acceptors (Lipinski definition) is 5. The zero-order valence-corrected chi connectivity index (χ0v) is 13.3. The molecule has 1 aromatic carbocycles. The van der Waals surface area contributed by atoms with Gasteiger partial charge in [0.1, 0.15) is 10.9 Å². The largest absolute Gasteiger partial charge is 0.468 e. The summed E-state index contributed by atoms with van der Waals surface area (Å²) in [6, 6.07) is 0.861. The van der Waals surface area contributed by atoms with Crippen molar-refractivity contribution in [2.45, 2.75) is 24.8 Å². The fourth-order valence-electron chi connectivity index (χ4n) is 1.59. The highest BCUT2D eigenvalue weighted by Gasteiger charge is 2.31. The van der Waals surface area contributed by atoms with Crippen LogP contribution >= 0.6 is 11.6 Å². The molecule has 0 aromatic heterocycles. The molecule has 6 nitrogen and oxygen atoms in total. The topological polar surface area (TPSA) is 98.5 Å². The Bertz CT molecular complexity index is 649. The molecule has 3 N–H and O–H groups in total. The van der Waals surface area contributed by atoms with Crippen molar-refractivity contribution in [1.82, 2.24) is 4.72 Å². The Kier molecular flexibility index (Phi) is 5.54. The summed E-state index contributed by atoms with van der Waals surface area (Å²) >= 11 is 5.69. The summed E-state index contributed by atoms with van der Waals surface area (Å²) in [5, 5.41) is -0.0339. The molecule has 9 heteroatoms. The Morgan fingerprint density at radius 1 is 1.43 bits per heavy atom. The second-order valence-electron chi connectivity index (χ2n) is 4.67. The summed E-state index contributed by atoms with van der Waals surface area (Å²) < 4.78 is 45.0. The van der Waals surface area contributed by atoms with Gasteiger partial charge in [-0.3, -0.25) is 4.79 Å². The first kappa shape index (κ1) is 17.7. The van der Waals surface area contributed by atoms with Gasteiger partial charge in [-0.1, -0.05) is 25.4 Å². The van der Waals surface area contributed by atoms with Gasteiger partial charge in [-0.25, -0.2) is 12.8 Å². The van der Waals surface area contributed by atoms with Crippen molar-refractivity contribution in [1.29, 1.82) is 0 Å². The Labute approximate surface area is 127 Å². The third-order valence-corrected chi connectivity index (χ3v) is 4.38. The van der Waals surface area contributed by atoms with Crippen LogP contribution in [0.4, 0.5) is 10.1 Å². The van der Waals surface area contributed by atoms with Crippen molar-refractivity contribution in [3.63, 3.8) is 0 Å². The highest BCUT2D eigenvalue weighted by Crippen LogP contribution is 2.25. The maximum absolute atomic E-state index is 13.9. The molecule has 21 heavy (non-hydrogen) atoms. The van der Waals surface area contributed by atoms with Crippen molar-refractivity contribution in [3.05, 3.63) is 23.0 Å². The zero-order valence-electron chi connectivity index (χ0n) is 11.7. The molecule has 0 radical (unpaired) electrons. The molecule has 1 unspecified atom stereocenters. The van der Waals surface area contributed by atoms with E-state index < -0.39 is 44.4 Å². The SMILES string of the molecule is COC(=O)C(NS(=O)(=O)c1cc(Cl)cc(N)c1F)C(C)C. The molecular formula is C12H16ClFN2O4S. The van der Waals surface area contributed by atoms with Crippen LogP contribution in [-0.2, 0) is 19.6 Å². The van der Waals surface area contributed by atoms with E-state index in [4.69, 9.17) is 17.3 Å². The summed E-state index contributed by atoms with van der Waals surface area (Å²) in [6.07, 6.45) is 0. The van der Waals surface area contributed by atoms with Crippen molar-refractivity contribution < 1.29 is 22.3 Å². The van der Waals surface area contributed by atoms with Crippen molar-refractivity contribution in [3.8, 4) is 0 Å². The fraction of sp³-hybridized carbons (Fsp3) is 0.417. The zero-order chi connectivity index (χ0) is 16.4. The Balaban J connectivity index is 3.26. The maximum Gasteiger partial charge on any atom is 0.324 e. The van der Waals surface area contributed by atoms with Crippen molar-refractivity contribution in [2.75, 3.05) is 12.8 Å². The normalized spacial score (nSPS) is 13.2. The van der Waals surface area contributed by atoms with E-state index in [2.05, 4.69) is 9.46 Å². The van der Waals surface area contributed by atoms with Gasteiger partial charge in [0.2, 0.25) is 10.0 Å². The predicted molar refractivity (Wildman–Crippen MR) is 76.8 cm³/mol. The average Bonchev–Trinajstić information content (AvgIpc) is 2.38. The lowest BCUT2D eigenvalue weighted by Crippen LogP contribution is -2.45. The van der Waals surface area contributed by atoms with Gasteiger partial charge in [0, 0.05) is 5.02 Å². The number of rotatable bonds is 5. The molecule has 0 aliphatic carbocycles. The quantitative estimate of drug-likeness (QED) is 0.626. The van der Waals surface area contributed by atoms with E-state index in [-0.39, 0.29) is 5.02 Å². The lowest BCUT2D eigenvalue weighted by atomic mass is 10.1. The number of hydrogen-bond donors (Lipinski definition) is 2. The van der Waals surface area contributed by atoms with Gasteiger partial charge in [0.25, 0.3) is 0 Å². The smallest absolute Gasteiger partial charge is 0.324 e. The van der Waals surface area contributed by atoms with Gasteiger partial charge in [0.05, 0.1) is 12.8 Å². The Morgan fingerprint density at radius 2 is 2.00 bits per heavy atom. The number of nitrogen functional groups attached to an aromatic ring is 1. The number of carbonyl (C=O) groups is 1. The number of methoxy groups -OCH3 is 1. The Hall–Kier alpha value is -1.38. The number of sulfonamides is 1. The van der Waals surface area contributed by atoms with Gasteiger partial charge >= 0.3 is 5.97 Å². The van der Waals surface area contributed by atoms with Crippen LogP contribution in [0, 0.1) is 11.7 Å². The predicted octanol–water partition coefficient (Wildman–Crippen LogP) is 1.54. The van der Waals surface area contributed by atoms with E-state index in [0.29, 0.717) is 0 Å². The van der Waals surface area contributed by atoms with Crippen LogP contribution in [0.15, 0.2) is 17.0 Å². The highest BCUT2D eigenvalue weighted by molar-refractivity contribution is 7.89. The fourth-order valence-corrected chi connectivity index (χ4v) is 3.35. The second kappa shape index (κ2) is 6.59. The van der Waals surface area contributed by atoms with Crippen LogP contribution in [0.5, 0.6) is 0 Å². The van der Waals surface area contributed by atoms with E-state index in [1.807, 2.05) is 0 Å². The molecule has 0 fully saturated rings. The van der Waals surface area contributed by atoms with Crippen LogP contribution in [0.1, 0.15) is 13.8 Å². The summed E-state index contributed by atoms with van der Waals surface area (Å²) in [5.74, 6) is -2.30. The number of ether oxygens (including phenoxy) is 1. The molecule has 0 saturated heterocycles. The first-order chi connectivity index (χ1) is 9.60. The number of anilines is 1. The molecule has 1 atom stereocenters. The minimum absolute atomic E-state index is 0.0339. The third-order valence-electron chi connectivity index (χ3n) is 2.73. The number of nitrogens with two attached hydrogens (primary N) is 1. The average molecular weight is 339 g/mol. The number of esters is 1. The first-order valence-electron chi connectivity index (χ1n) is 5.94. The van der Waals surface area contributed by atoms with Gasteiger partial charge in [0.15, 0.2) is 5.82 Å². The van der Waals surface area contributed by atoms with Crippen molar-refractivity contribution >= 4 is 33.3 Å². The standard InChI is InChI=1S/C12H16ClFN2O4S/c1-6(2)11(12(17)20-3)16-21(18,19)9-5-7(13)4-8(15)10(9)14/h4-6,11,16H,15H2,1-3H3. The lowest BCUT2D eigenvalue weighted by Gasteiger charge is -2.20. The van der Waals surface area contributed by atoms with E-state index in [1.165, 1.54) is 0 Å². The molecule has 118 valence electrons. The summed E-state index contributed by atoms with van der Waals surface area (Å²) in [4.78, 5) is 10.9. The lowest BCUT2D eigenvalue weighted by molar-refractivity contribution is -0.143. The van der Waals surface area contributed by atoms with E-state index >= 15 is 0 Å². The minimum atomic E-state index is -4.33. The van der Waals surface area contributed by atoms with Gasteiger partial charge in [-0.15, -0.1) is 0 Å². The first-order valence-corrected chi connectivity index (χ1v) is 7.81. The van der Waals surface area contributed by atoms with Crippen LogP contribution < -0.4 is 10.5 Å². The van der Waals surface area contributed by atoms with Crippen LogP contribution in [0.2, 0.25) is 5.02 Å². The molecule has 1 rings (SSSR count). The van der Waals surface area contributed by atoms with Crippen LogP contribution in [-0.4, -0.2) is 27.5 Å². The third kappa shape index (κ3) is 4.05.